The summed E-state index contributed by atoms with van der Waals surface area (Å²) in [6.45, 7) is 10.4. The van der Waals surface area contributed by atoms with Crippen molar-refractivity contribution in [2.45, 2.75) is 40.0 Å². The second-order valence-corrected chi connectivity index (χ2v) is 6.77. The Morgan fingerprint density at radius 2 is 1.83 bits per heavy atom. The molecular formula is C14H17ClN2S. The van der Waals surface area contributed by atoms with E-state index < -0.39 is 0 Å². The third-order valence-electron chi connectivity index (χ3n) is 2.83. The SMILES string of the molecule is Cc1ccsc1-c1nc(C(C)(C)C)nc(Cl)c1C. The molecule has 0 aliphatic rings. The van der Waals surface area contributed by atoms with Gasteiger partial charge in [0.1, 0.15) is 11.0 Å². The van der Waals surface area contributed by atoms with Gasteiger partial charge in [-0.2, -0.15) is 0 Å². The number of aromatic nitrogens is 2. The summed E-state index contributed by atoms with van der Waals surface area (Å²) in [7, 11) is 0. The van der Waals surface area contributed by atoms with Gasteiger partial charge in [0.25, 0.3) is 0 Å². The fraction of sp³-hybridized carbons (Fsp3) is 0.429. The van der Waals surface area contributed by atoms with Gasteiger partial charge in [0.05, 0.1) is 10.6 Å². The molecule has 2 nitrogen and oxygen atoms in total. The van der Waals surface area contributed by atoms with Crippen LogP contribution in [0.3, 0.4) is 0 Å². The predicted octanol–water partition coefficient (Wildman–Crippen LogP) is 4.77. The van der Waals surface area contributed by atoms with Crippen molar-refractivity contribution in [2.75, 3.05) is 0 Å². The van der Waals surface area contributed by atoms with E-state index in [-0.39, 0.29) is 5.41 Å². The minimum Gasteiger partial charge on any atom is -0.231 e. The van der Waals surface area contributed by atoms with E-state index in [1.807, 2.05) is 6.92 Å². The molecule has 0 saturated heterocycles. The molecule has 18 heavy (non-hydrogen) atoms. The number of rotatable bonds is 1. The highest BCUT2D eigenvalue weighted by Crippen LogP contribution is 2.34. The van der Waals surface area contributed by atoms with Gasteiger partial charge < -0.3 is 0 Å². The van der Waals surface area contributed by atoms with E-state index in [1.54, 1.807) is 11.3 Å². The molecule has 0 amide bonds. The molecule has 0 aliphatic carbocycles. The number of hydrogen-bond donors (Lipinski definition) is 0. The van der Waals surface area contributed by atoms with Crippen LogP contribution in [0.2, 0.25) is 5.15 Å². The predicted molar refractivity (Wildman–Crippen MR) is 78.5 cm³/mol. The highest BCUT2D eigenvalue weighted by atomic mass is 35.5. The first-order valence-corrected chi connectivity index (χ1v) is 7.15. The van der Waals surface area contributed by atoms with Crippen LogP contribution < -0.4 is 0 Å². The quantitative estimate of drug-likeness (QED) is 0.703. The van der Waals surface area contributed by atoms with Crippen LogP contribution in [0.4, 0.5) is 0 Å². The lowest BCUT2D eigenvalue weighted by atomic mass is 9.95. The van der Waals surface area contributed by atoms with Crippen LogP contribution in [-0.4, -0.2) is 9.97 Å². The van der Waals surface area contributed by atoms with E-state index >= 15 is 0 Å². The van der Waals surface area contributed by atoms with Gasteiger partial charge in [-0.1, -0.05) is 32.4 Å². The van der Waals surface area contributed by atoms with Gasteiger partial charge in [-0.15, -0.1) is 11.3 Å². The topological polar surface area (TPSA) is 25.8 Å². The van der Waals surface area contributed by atoms with Crippen molar-refractivity contribution < 1.29 is 0 Å². The summed E-state index contributed by atoms with van der Waals surface area (Å²) in [5, 5.41) is 2.63. The third-order valence-corrected chi connectivity index (χ3v) is 4.23. The maximum atomic E-state index is 6.25. The minimum atomic E-state index is -0.0999. The van der Waals surface area contributed by atoms with Crippen molar-refractivity contribution in [3.05, 3.63) is 33.6 Å². The van der Waals surface area contributed by atoms with Crippen LogP contribution >= 0.6 is 22.9 Å². The molecule has 2 aromatic heterocycles. The highest BCUT2D eigenvalue weighted by molar-refractivity contribution is 7.13. The Bertz CT molecular complexity index is 582. The lowest BCUT2D eigenvalue weighted by Gasteiger charge is -2.18. The van der Waals surface area contributed by atoms with Crippen LogP contribution in [-0.2, 0) is 5.41 Å². The number of nitrogens with zero attached hydrogens (tertiary/aromatic N) is 2. The van der Waals surface area contributed by atoms with Gasteiger partial charge in [0, 0.05) is 11.0 Å². The van der Waals surface area contributed by atoms with Gasteiger partial charge in [0.15, 0.2) is 0 Å². The van der Waals surface area contributed by atoms with E-state index in [9.17, 15) is 0 Å². The molecule has 4 heteroatoms. The van der Waals surface area contributed by atoms with Gasteiger partial charge in [-0.25, -0.2) is 9.97 Å². The smallest absolute Gasteiger partial charge is 0.136 e. The Hall–Kier alpha value is -0.930. The van der Waals surface area contributed by atoms with Crippen LogP contribution in [0.1, 0.15) is 37.7 Å². The maximum Gasteiger partial charge on any atom is 0.136 e. The van der Waals surface area contributed by atoms with Crippen molar-refractivity contribution in [3.8, 4) is 10.6 Å². The van der Waals surface area contributed by atoms with Gasteiger partial charge in [-0.3, -0.25) is 0 Å². The number of thiophene rings is 1. The summed E-state index contributed by atoms with van der Waals surface area (Å²) >= 11 is 7.94. The fourth-order valence-electron chi connectivity index (χ4n) is 1.66. The molecule has 0 unspecified atom stereocenters. The summed E-state index contributed by atoms with van der Waals surface area (Å²) < 4.78 is 0. The van der Waals surface area contributed by atoms with Gasteiger partial charge in [0.2, 0.25) is 0 Å². The molecule has 0 spiro atoms. The second kappa shape index (κ2) is 4.63. The van der Waals surface area contributed by atoms with Crippen molar-refractivity contribution in [1.29, 1.82) is 0 Å². The molecule has 0 atom stereocenters. The Balaban J connectivity index is 2.68. The van der Waals surface area contributed by atoms with E-state index in [0.717, 1.165) is 17.1 Å². The average Bonchev–Trinajstić information content (AvgIpc) is 2.67. The Kier molecular flexibility index (Phi) is 3.47. The first kappa shape index (κ1) is 13.5. The molecule has 0 N–H and O–H groups in total. The molecule has 2 heterocycles. The summed E-state index contributed by atoms with van der Waals surface area (Å²) in [4.78, 5) is 10.3. The van der Waals surface area contributed by atoms with Crippen LogP contribution in [0.25, 0.3) is 10.6 Å². The monoisotopic (exact) mass is 280 g/mol. The Labute approximate surface area is 117 Å². The van der Waals surface area contributed by atoms with Crippen molar-refractivity contribution in [1.82, 2.24) is 9.97 Å². The molecule has 2 rings (SSSR count). The number of hydrogen-bond acceptors (Lipinski definition) is 3. The molecule has 0 radical (unpaired) electrons. The summed E-state index contributed by atoms with van der Waals surface area (Å²) in [5.74, 6) is 0.793. The van der Waals surface area contributed by atoms with E-state index in [1.165, 1.54) is 10.4 Å². The standard InChI is InChI=1S/C14H17ClN2S/c1-8-6-7-18-11(8)10-9(2)12(15)17-13(16-10)14(3,4)5/h6-7H,1-5H3. The fourth-order valence-corrected chi connectivity index (χ4v) is 2.80. The third kappa shape index (κ3) is 2.43. The molecule has 0 aromatic carbocycles. The molecule has 0 bridgehead atoms. The zero-order valence-corrected chi connectivity index (χ0v) is 12.9. The second-order valence-electron chi connectivity index (χ2n) is 5.49. The molecule has 2 aromatic rings. The summed E-state index contributed by atoms with van der Waals surface area (Å²) in [6.07, 6.45) is 0. The van der Waals surface area contributed by atoms with E-state index in [2.05, 4.69) is 44.1 Å². The Morgan fingerprint density at radius 1 is 1.17 bits per heavy atom. The summed E-state index contributed by atoms with van der Waals surface area (Å²) in [6, 6.07) is 2.10. The largest absolute Gasteiger partial charge is 0.231 e. The molecule has 96 valence electrons. The minimum absolute atomic E-state index is 0.0999. The Morgan fingerprint density at radius 3 is 2.33 bits per heavy atom. The molecular weight excluding hydrogens is 264 g/mol. The van der Waals surface area contributed by atoms with Crippen LogP contribution in [0, 0.1) is 13.8 Å². The molecule has 0 aliphatic heterocycles. The average molecular weight is 281 g/mol. The van der Waals surface area contributed by atoms with Gasteiger partial charge >= 0.3 is 0 Å². The number of aryl methyl sites for hydroxylation is 1. The number of halogens is 1. The van der Waals surface area contributed by atoms with Crippen molar-refractivity contribution in [3.63, 3.8) is 0 Å². The lowest BCUT2D eigenvalue weighted by molar-refractivity contribution is 0.545. The van der Waals surface area contributed by atoms with E-state index in [0.29, 0.717) is 5.15 Å². The molecule has 0 saturated carbocycles. The summed E-state index contributed by atoms with van der Waals surface area (Å²) in [5.41, 5.74) is 3.05. The van der Waals surface area contributed by atoms with Crippen molar-refractivity contribution in [2.24, 2.45) is 0 Å². The lowest BCUT2D eigenvalue weighted by Crippen LogP contribution is -2.17. The van der Waals surface area contributed by atoms with Crippen molar-refractivity contribution >= 4 is 22.9 Å². The van der Waals surface area contributed by atoms with Crippen LogP contribution in [0.5, 0.6) is 0 Å². The first-order valence-electron chi connectivity index (χ1n) is 5.90. The van der Waals surface area contributed by atoms with E-state index in [4.69, 9.17) is 16.6 Å². The zero-order valence-electron chi connectivity index (χ0n) is 11.3. The van der Waals surface area contributed by atoms with Crippen LogP contribution in [0.15, 0.2) is 11.4 Å². The first-order chi connectivity index (χ1) is 8.30. The van der Waals surface area contributed by atoms with Gasteiger partial charge in [-0.05, 0) is 30.9 Å². The highest BCUT2D eigenvalue weighted by Gasteiger charge is 2.22. The normalized spacial score (nSPS) is 11.9. The maximum absolute atomic E-state index is 6.25. The molecule has 0 fully saturated rings. The zero-order chi connectivity index (χ0) is 13.5.